The van der Waals surface area contributed by atoms with Gasteiger partial charge in [0.05, 0.1) is 4.90 Å². The van der Waals surface area contributed by atoms with Gasteiger partial charge in [-0.25, -0.2) is 8.42 Å². The maximum atomic E-state index is 12.2. The molecule has 0 aliphatic rings. The number of anilines is 1. The largest absolute Gasteiger partial charge is 0.360 e. The van der Waals surface area contributed by atoms with Gasteiger partial charge in [0.1, 0.15) is 5.76 Å². The summed E-state index contributed by atoms with van der Waals surface area (Å²) in [5.74, 6) is 0.728. The maximum Gasteiger partial charge on any atom is 0.263 e. The number of sulfonamides is 1. The van der Waals surface area contributed by atoms with E-state index in [-0.39, 0.29) is 10.7 Å². The van der Waals surface area contributed by atoms with Crippen LogP contribution in [0.4, 0.5) is 5.82 Å². The molecule has 0 unspecified atom stereocenters. The SMILES string of the molecule is CCCNCc1ccc(S(=O)(=O)Nc2cc(C)on2)cc1. The zero-order chi connectivity index (χ0) is 15.3. The Labute approximate surface area is 124 Å². The van der Waals surface area contributed by atoms with Gasteiger partial charge in [0.2, 0.25) is 0 Å². The molecule has 0 amide bonds. The molecule has 0 saturated heterocycles. The molecule has 6 nitrogen and oxygen atoms in total. The van der Waals surface area contributed by atoms with E-state index in [1.54, 1.807) is 31.2 Å². The molecule has 0 saturated carbocycles. The van der Waals surface area contributed by atoms with E-state index < -0.39 is 10.0 Å². The number of rotatable bonds is 7. The third-order valence-corrected chi connectivity index (χ3v) is 4.23. The van der Waals surface area contributed by atoms with E-state index in [1.165, 1.54) is 6.07 Å². The van der Waals surface area contributed by atoms with Gasteiger partial charge < -0.3 is 9.84 Å². The third kappa shape index (κ3) is 4.30. The van der Waals surface area contributed by atoms with Crippen molar-refractivity contribution >= 4 is 15.8 Å². The number of hydrogen-bond acceptors (Lipinski definition) is 5. The molecule has 7 heteroatoms. The van der Waals surface area contributed by atoms with E-state index in [4.69, 9.17) is 4.52 Å². The Hall–Kier alpha value is -1.86. The van der Waals surface area contributed by atoms with Crippen LogP contribution in [0.3, 0.4) is 0 Å². The van der Waals surface area contributed by atoms with Crippen LogP contribution in [0.5, 0.6) is 0 Å². The summed E-state index contributed by atoms with van der Waals surface area (Å²) in [5, 5.41) is 6.88. The average molecular weight is 309 g/mol. The first-order valence-corrected chi connectivity index (χ1v) is 8.25. The zero-order valence-corrected chi connectivity index (χ0v) is 12.9. The molecule has 1 aromatic carbocycles. The van der Waals surface area contributed by atoms with Crippen LogP contribution in [-0.2, 0) is 16.6 Å². The van der Waals surface area contributed by atoms with E-state index in [2.05, 4.69) is 22.1 Å². The Morgan fingerprint density at radius 1 is 1.24 bits per heavy atom. The topological polar surface area (TPSA) is 84.2 Å². The van der Waals surface area contributed by atoms with Gasteiger partial charge in [-0.05, 0) is 37.6 Å². The highest BCUT2D eigenvalue weighted by Crippen LogP contribution is 2.16. The second-order valence-electron chi connectivity index (χ2n) is 4.75. The third-order valence-electron chi connectivity index (χ3n) is 2.86. The lowest BCUT2D eigenvalue weighted by molar-refractivity contribution is 0.400. The Balaban J connectivity index is 2.06. The summed E-state index contributed by atoms with van der Waals surface area (Å²) < 4.78 is 31.6. The van der Waals surface area contributed by atoms with Gasteiger partial charge in [-0.2, -0.15) is 0 Å². The fourth-order valence-electron chi connectivity index (χ4n) is 1.81. The van der Waals surface area contributed by atoms with Gasteiger partial charge >= 0.3 is 0 Å². The molecule has 0 atom stereocenters. The lowest BCUT2D eigenvalue weighted by atomic mass is 10.2. The Morgan fingerprint density at radius 3 is 2.52 bits per heavy atom. The molecule has 21 heavy (non-hydrogen) atoms. The highest BCUT2D eigenvalue weighted by molar-refractivity contribution is 7.92. The summed E-state index contributed by atoms with van der Waals surface area (Å²) in [7, 11) is -3.63. The van der Waals surface area contributed by atoms with Crippen molar-refractivity contribution in [3.8, 4) is 0 Å². The summed E-state index contributed by atoms with van der Waals surface area (Å²) in [6, 6.07) is 8.29. The predicted molar refractivity (Wildman–Crippen MR) is 80.5 cm³/mol. The number of benzene rings is 1. The maximum absolute atomic E-state index is 12.2. The predicted octanol–water partition coefficient (Wildman–Crippen LogP) is 2.28. The van der Waals surface area contributed by atoms with Crippen molar-refractivity contribution in [2.75, 3.05) is 11.3 Å². The summed E-state index contributed by atoms with van der Waals surface area (Å²) in [6.45, 7) is 5.46. The molecule has 2 N–H and O–H groups in total. The zero-order valence-electron chi connectivity index (χ0n) is 12.1. The first-order valence-electron chi connectivity index (χ1n) is 6.77. The van der Waals surface area contributed by atoms with Crippen LogP contribution in [0.2, 0.25) is 0 Å². The van der Waals surface area contributed by atoms with Crippen molar-refractivity contribution < 1.29 is 12.9 Å². The van der Waals surface area contributed by atoms with Crippen LogP contribution in [-0.4, -0.2) is 20.1 Å². The van der Waals surface area contributed by atoms with Crippen molar-refractivity contribution in [3.63, 3.8) is 0 Å². The van der Waals surface area contributed by atoms with E-state index in [9.17, 15) is 8.42 Å². The van der Waals surface area contributed by atoms with E-state index in [0.717, 1.165) is 25.1 Å². The lowest BCUT2D eigenvalue weighted by Gasteiger charge is -2.07. The minimum absolute atomic E-state index is 0.182. The van der Waals surface area contributed by atoms with Crippen LogP contribution in [0.15, 0.2) is 39.8 Å². The number of aryl methyl sites for hydroxylation is 1. The van der Waals surface area contributed by atoms with Gasteiger partial charge in [-0.1, -0.05) is 24.2 Å². The molecule has 0 radical (unpaired) electrons. The number of nitrogens with zero attached hydrogens (tertiary/aromatic N) is 1. The molecule has 0 aliphatic carbocycles. The van der Waals surface area contributed by atoms with Gasteiger partial charge in [-0.15, -0.1) is 0 Å². The summed E-state index contributed by atoms with van der Waals surface area (Å²) >= 11 is 0. The van der Waals surface area contributed by atoms with Gasteiger partial charge in [0.15, 0.2) is 5.82 Å². The van der Waals surface area contributed by atoms with E-state index in [0.29, 0.717) is 5.76 Å². The monoisotopic (exact) mass is 309 g/mol. The first kappa shape index (κ1) is 15.5. The molecule has 0 fully saturated rings. The minimum Gasteiger partial charge on any atom is -0.360 e. The molecule has 0 aliphatic heterocycles. The van der Waals surface area contributed by atoms with E-state index >= 15 is 0 Å². The fraction of sp³-hybridized carbons (Fsp3) is 0.357. The van der Waals surface area contributed by atoms with Crippen molar-refractivity contribution in [1.29, 1.82) is 0 Å². The second kappa shape index (κ2) is 6.73. The van der Waals surface area contributed by atoms with Crippen LogP contribution in [0.1, 0.15) is 24.7 Å². The molecule has 114 valence electrons. The van der Waals surface area contributed by atoms with Crippen LogP contribution < -0.4 is 10.0 Å². The van der Waals surface area contributed by atoms with Crippen molar-refractivity contribution in [3.05, 3.63) is 41.7 Å². The van der Waals surface area contributed by atoms with Crippen molar-refractivity contribution in [2.45, 2.75) is 31.7 Å². The van der Waals surface area contributed by atoms with Crippen molar-refractivity contribution in [1.82, 2.24) is 10.5 Å². The Kier molecular flexibility index (Phi) is 4.98. The molecule has 2 aromatic rings. The van der Waals surface area contributed by atoms with Crippen LogP contribution >= 0.6 is 0 Å². The second-order valence-corrected chi connectivity index (χ2v) is 6.43. The molecule has 0 bridgehead atoms. The molecule has 1 aromatic heterocycles. The minimum atomic E-state index is -3.63. The number of hydrogen-bond donors (Lipinski definition) is 2. The first-order chi connectivity index (χ1) is 10.0. The molecular formula is C14H19N3O3S. The molecular weight excluding hydrogens is 290 g/mol. The quantitative estimate of drug-likeness (QED) is 0.767. The summed E-state index contributed by atoms with van der Waals surface area (Å²) in [4.78, 5) is 0.197. The van der Waals surface area contributed by atoms with Gasteiger partial charge in [0, 0.05) is 12.6 Å². The smallest absolute Gasteiger partial charge is 0.263 e. The standard InChI is InChI=1S/C14H19N3O3S/c1-3-8-15-10-12-4-6-13(7-5-12)21(18,19)17-14-9-11(2)20-16-14/h4-7,9,15H,3,8,10H2,1-2H3,(H,16,17). The van der Waals surface area contributed by atoms with Gasteiger partial charge in [0.25, 0.3) is 10.0 Å². The molecule has 1 heterocycles. The number of aromatic nitrogens is 1. The normalized spacial score (nSPS) is 11.5. The van der Waals surface area contributed by atoms with Gasteiger partial charge in [-0.3, -0.25) is 4.72 Å². The number of nitrogens with one attached hydrogen (secondary N) is 2. The highest BCUT2D eigenvalue weighted by Gasteiger charge is 2.15. The van der Waals surface area contributed by atoms with E-state index in [1.807, 2.05) is 0 Å². The van der Waals surface area contributed by atoms with Crippen molar-refractivity contribution in [2.24, 2.45) is 0 Å². The highest BCUT2D eigenvalue weighted by atomic mass is 32.2. The summed E-state index contributed by atoms with van der Waals surface area (Å²) in [6.07, 6.45) is 1.06. The Bertz CT molecular complexity index is 678. The fourth-order valence-corrected chi connectivity index (χ4v) is 2.79. The summed E-state index contributed by atoms with van der Waals surface area (Å²) in [5.41, 5.74) is 1.04. The van der Waals surface area contributed by atoms with Crippen LogP contribution in [0.25, 0.3) is 0 Å². The Morgan fingerprint density at radius 2 is 1.95 bits per heavy atom. The van der Waals surface area contributed by atoms with Crippen LogP contribution in [0, 0.1) is 6.92 Å². The average Bonchev–Trinajstić information content (AvgIpc) is 2.84. The molecule has 0 spiro atoms. The molecule has 2 rings (SSSR count). The lowest BCUT2D eigenvalue weighted by Crippen LogP contribution is -2.15.